The van der Waals surface area contributed by atoms with Crippen molar-refractivity contribution < 1.29 is 20.4 Å². The van der Waals surface area contributed by atoms with Crippen LogP contribution in [0.25, 0.3) is 0 Å². The molecule has 2 aromatic heterocycles. The van der Waals surface area contributed by atoms with Gasteiger partial charge < -0.3 is 25.3 Å². The van der Waals surface area contributed by atoms with E-state index in [4.69, 9.17) is 0 Å². The van der Waals surface area contributed by atoms with Crippen molar-refractivity contribution in [2.24, 2.45) is 0 Å². The third kappa shape index (κ3) is 7.22. The number of aromatic nitrogens is 4. The van der Waals surface area contributed by atoms with Crippen molar-refractivity contribution in [3.63, 3.8) is 0 Å². The average molecular weight is 329 g/mol. The van der Waals surface area contributed by atoms with E-state index in [1.807, 2.05) is 0 Å². The van der Waals surface area contributed by atoms with E-state index >= 15 is 0 Å². The number of hydrogen-bond acceptors (Lipinski definition) is 6. The predicted octanol–water partition coefficient (Wildman–Crippen LogP) is 0.762. The second-order valence-corrected chi connectivity index (χ2v) is 2.79. The minimum Gasteiger partial charge on any atom is -0.740 e. The molecular weight excluding hydrogens is 323 g/mol. The molecule has 0 N–H and O–H groups in total. The van der Waals surface area contributed by atoms with E-state index in [1.165, 1.54) is 0 Å². The van der Waals surface area contributed by atoms with Gasteiger partial charge in [-0.1, -0.05) is 0 Å². The quantitative estimate of drug-likeness (QED) is 0.404. The fourth-order valence-corrected chi connectivity index (χ4v) is 0.814. The van der Waals surface area contributed by atoms with Crippen molar-refractivity contribution in [1.82, 2.24) is 19.9 Å². The van der Waals surface area contributed by atoms with Crippen LogP contribution >= 0.6 is 0 Å². The zero-order valence-corrected chi connectivity index (χ0v) is 10.6. The van der Waals surface area contributed by atoms with Crippen molar-refractivity contribution in [3.8, 4) is 0 Å². The zero-order chi connectivity index (χ0) is 10.2. The summed E-state index contributed by atoms with van der Waals surface area (Å²) in [6, 6.07) is 3.46. The number of hydrogen-bond donors (Lipinski definition) is 0. The Balaban J connectivity index is 0.000000245. The topological polar surface area (TPSA) is 51.6 Å². The van der Waals surface area contributed by atoms with E-state index < -0.39 is 0 Å². The first-order valence-corrected chi connectivity index (χ1v) is 4.49. The fraction of sp³-hybridized carbons (Fsp3) is 0. The molecule has 0 unspecified atom stereocenters. The van der Waals surface area contributed by atoms with Gasteiger partial charge in [0.1, 0.15) is 0 Å². The summed E-state index contributed by atoms with van der Waals surface area (Å²) in [6.45, 7) is 0. The fourth-order valence-electron chi connectivity index (χ4n) is 0.571. The first-order chi connectivity index (χ1) is 6.79. The summed E-state index contributed by atoms with van der Waals surface area (Å²) in [5.41, 5.74) is 0. The Morgan fingerprint density at radius 1 is 0.667 bits per heavy atom. The van der Waals surface area contributed by atoms with Crippen molar-refractivity contribution in [1.29, 1.82) is 0 Å². The molecule has 0 saturated carbocycles. The molecule has 15 heavy (non-hydrogen) atoms. The molecule has 0 aliphatic rings. The normalized spacial score (nSPS) is 8.00. The second kappa shape index (κ2) is 8.56. The van der Waals surface area contributed by atoms with Crippen molar-refractivity contribution >= 4 is 25.3 Å². The summed E-state index contributed by atoms with van der Waals surface area (Å²) in [7, 11) is 0. The molecule has 7 heteroatoms. The maximum absolute atomic E-state index is 4.59. The second-order valence-electron chi connectivity index (χ2n) is 2.06. The molecule has 0 aliphatic heterocycles. The summed E-state index contributed by atoms with van der Waals surface area (Å²) in [4.78, 5) is 14.7. The van der Waals surface area contributed by atoms with Gasteiger partial charge in [0.2, 0.25) is 0 Å². The van der Waals surface area contributed by atoms with E-state index in [2.05, 4.69) is 45.2 Å². The van der Waals surface area contributed by atoms with Crippen LogP contribution in [0.5, 0.6) is 0 Å². The molecule has 2 heterocycles. The molecule has 0 aliphatic carbocycles. The maximum atomic E-state index is 4.59. The van der Waals surface area contributed by atoms with Gasteiger partial charge in [0.25, 0.3) is 0 Å². The van der Waals surface area contributed by atoms with Gasteiger partial charge in [-0.2, -0.15) is 0 Å². The molecule has 0 amide bonds. The van der Waals surface area contributed by atoms with Crippen LogP contribution in [0.3, 0.4) is 0 Å². The summed E-state index contributed by atoms with van der Waals surface area (Å²) in [6.07, 6.45) is 6.48. The molecule has 0 spiro atoms. The largest absolute Gasteiger partial charge is 2.00 e. The molecule has 0 aromatic carbocycles. The van der Waals surface area contributed by atoms with Crippen molar-refractivity contribution in [3.05, 3.63) is 36.9 Å². The summed E-state index contributed by atoms with van der Waals surface area (Å²) in [5, 5.41) is 0.810. The van der Waals surface area contributed by atoms with E-state index in [1.54, 1.807) is 36.9 Å². The van der Waals surface area contributed by atoms with Crippen LogP contribution in [0.2, 0.25) is 0 Å². The molecule has 0 saturated heterocycles. The van der Waals surface area contributed by atoms with E-state index in [0.717, 1.165) is 0 Å². The molecule has 2 aromatic rings. The SMILES string of the molecule is [Pd+2].[S-]c1ncccn1.[S-]c1ncccn1. The Bertz CT molecular complexity index is 322. The van der Waals surface area contributed by atoms with Crippen LogP contribution in [-0.4, -0.2) is 19.9 Å². The summed E-state index contributed by atoms with van der Waals surface area (Å²) < 4.78 is 0. The summed E-state index contributed by atoms with van der Waals surface area (Å²) in [5.74, 6) is 0. The van der Waals surface area contributed by atoms with Gasteiger partial charge in [0.15, 0.2) is 0 Å². The predicted molar refractivity (Wildman–Crippen MR) is 55.3 cm³/mol. The van der Waals surface area contributed by atoms with Crippen LogP contribution in [0.1, 0.15) is 0 Å². The van der Waals surface area contributed by atoms with Crippen molar-refractivity contribution in [2.75, 3.05) is 0 Å². The Hall–Kier alpha value is -0.738. The van der Waals surface area contributed by atoms with E-state index in [9.17, 15) is 0 Å². The van der Waals surface area contributed by atoms with Crippen LogP contribution in [0.15, 0.2) is 47.2 Å². The van der Waals surface area contributed by atoms with Crippen molar-refractivity contribution in [2.45, 2.75) is 10.3 Å². The molecule has 0 bridgehead atoms. The zero-order valence-electron chi connectivity index (χ0n) is 7.39. The Morgan fingerprint density at radius 3 is 1.07 bits per heavy atom. The summed E-state index contributed by atoms with van der Waals surface area (Å²) >= 11 is 9.18. The van der Waals surface area contributed by atoms with Crippen LogP contribution in [0, 0.1) is 0 Å². The minimum absolute atomic E-state index is 0. The first kappa shape index (κ1) is 14.3. The van der Waals surface area contributed by atoms with Gasteiger partial charge in [0, 0.05) is 35.1 Å². The average Bonchev–Trinajstić information content (AvgIpc) is 2.21. The van der Waals surface area contributed by atoms with Gasteiger partial charge in [-0.15, -0.1) is 0 Å². The standard InChI is InChI=1S/2C4H4N2S.Pd/c2*7-4-5-2-1-3-6-4;/h2*1-3H,(H,5,6,7);/q;;+2/p-2. The van der Waals surface area contributed by atoms with E-state index in [0.29, 0.717) is 10.3 Å². The molecule has 0 fully saturated rings. The van der Waals surface area contributed by atoms with Crippen LogP contribution < -0.4 is 0 Å². The number of nitrogens with zero attached hydrogens (tertiary/aromatic N) is 4. The van der Waals surface area contributed by atoms with E-state index in [-0.39, 0.29) is 20.4 Å². The Labute approximate surface area is 112 Å². The molecular formula is C8H6N4PdS2. The van der Waals surface area contributed by atoms with Gasteiger partial charge in [-0.25, -0.2) is 0 Å². The molecule has 2 rings (SSSR count). The maximum Gasteiger partial charge on any atom is 2.00 e. The van der Waals surface area contributed by atoms with Crippen LogP contribution in [-0.2, 0) is 45.7 Å². The third-order valence-corrected chi connectivity index (χ3v) is 1.51. The Morgan fingerprint density at radius 2 is 0.933 bits per heavy atom. The Kier molecular flexibility index (Phi) is 8.14. The minimum atomic E-state index is 0. The van der Waals surface area contributed by atoms with Gasteiger partial charge >= 0.3 is 20.4 Å². The van der Waals surface area contributed by atoms with Crippen LogP contribution in [0.4, 0.5) is 0 Å². The smallest absolute Gasteiger partial charge is 0.740 e. The van der Waals surface area contributed by atoms with Gasteiger partial charge in [-0.05, 0) is 12.1 Å². The number of rotatable bonds is 0. The molecule has 4 nitrogen and oxygen atoms in total. The molecule has 0 atom stereocenters. The monoisotopic (exact) mass is 328 g/mol. The first-order valence-electron chi connectivity index (χ1n) is 3.67. The van der Waals surface area contributed by atoms with Gasteiger partial charge in [0.05, 0.1) is 0 Å². The molecule has 0 radical (unpaired) electrons. The third-order valence-electron chi connectivity index (χ3n) is 1.08. The molecule has 80 valence electrons. The van der Waals surface area contributed by atoms with Gasteiger partial charge in [-0.3, -0.25) is 19.9 Å².